The van der Waals surface area contributed by atoms with E-state index in [0.717, 1.165) is 50.4 Å². The number of hydrogen-bond donors (Lipinski definition) is 0. The summed E-state index contributed by atoms with van der Waals surface area (Å²) in [7, 11) is 0. The number of hydrogen-bond acceptors (Lipinski definition) is 2. The highest BCUT2D eigenvalue weighted by atomic mass is 79.9. The lowest BCUT2D eigenvalue weighted by molar-refractivity contribution is -0.133. The molecule has 4 heteroatoms. The highest BCUT2D eigenvalue weighted by molar-refractivity contribution is 9.09. The van der Waals surface area contributed by atoms with Gasteiger partial charge in [-0.3, -0.25) is 9.69 Å². The van der Waals surface area contributed by atoms with Gasteiger partial charge in [0.1, 0.15) is 0 Å². The molecule has 0 spiro atoms. The second kappa shape index (κ2) is 5.30. The molecule has 2 aliphatic rings. The summed E-state index contributed by atoms with van der Waals surface area (Å²) in [4.78, 5) is 16.3. The molecule has 1 amide bonds. The van der Waals surface area contributed by atoms with Gasteiger partial charge in [0.15, 0.2) is 0 Å². The first-order valence-corrected chi connectivity index (χ1v) is 6.98. The Labute approximate surface area is 99.9 Å². The Balaban J connectivity index is 1.69. The highest BCUT2D eigenvalue weighted by Crippen LogP contribution is 2.32. The van der Waals surface area contributed by atoms with E-state index in [9.17, 15) is 4.79 Å². The number of halogens is 1. The standard InChI is InChI=1S/C11H19BrN2O/c12-3-4-13-5-7-14(8-6-13)11(15)9-10-1-2-10/h10H,1-9H2. The number of carbonyl (C=O) groups is 1. The van der Waals surface area contributed by atoms with Crippen LogP contribution in [0, 0.1) is 5.92 Å². The van der Waals surface area contributed by atoms with Crippen molar-refractivity contribution in [2.75, 3.05) is 38.1 Å². The van der Waals surface area contributed by atoms with Crippen LogP contribution in [0.2, 0.25) is 0 Å². The largest absolute Gasteiger partial charge is 0.340 e. The molecule has 0 bridgehead atoms. The summed E-state index contributed by atoms with van der Waals surface area (Å²) in [6, 6.07) is 0. The average molecular weight is 275 g/mol. The topological polar surface area (TPSA) is 23.6 Å². The SMILES string of the molecule is O=C(CC1CC1)N1CCN(CCBr)CC1. The van der Waals surface area contributed by atoms with E-state index in [4.69, 9.17) is 0 Å². The molecule has 1 aliphatic heterocycles. The van der Waals surface area contributed by atoms with Gasteiger partial charge in [0, 0.05) is 44.5 Å². The van der Waals surface area contributed by atoms with E-state index in [1.165, 1.54) is 12.8 Å². The van der Waals surface area contributed by atoms with Crippen LogP contribution in [0.1, 0.15) is 19.3 Å². The normalized spacial score (nSPS) is 23.1. The minimum atomic E-state index is 0.385. The molecule has 86 valence electrons. The highest BCUT2D eigenvalue weighted by Gasteiger charge is 2.28. The molecule has 0 aromatic carbocycles. The van der Waals surface area contributed by atoms with Gasteiger partial charge in [0.05, 0.1) is 0 Å². The van der Waals surface area contributed by atoms with Crippen molar-refractivity contribution in [1.82, 2.24) is 9.80 Å². The molecule has 2 rings (SSSR count). The van der Waals surface area contributed by atoms with Crippen molar-refractivity contribution in [2.45, 2.75) is 19.3 Å². The lowest BCUT2D eigenvalue weighted by Crippen LogP contribution is -2.49. The summed E-state index contributed by atoms with van der Waals surface area (Å²) in [6.45, 7) is 5.05. The maximum absolute atomic E-state index is 11.8. The summed E-state index contributed by atoms with van der Waals surface area (Å²) in [5.74, 6) is 1.11. The quantitative estimate of drug-likeness (QED) is 0.723. The van der Waals surface area contributed by atoms with E-state index in [1.807, 2.05) is 4.90 Å². The van der Waals surface area contributed by atoms with Crippen LogP contribution in [0.25, 0.3) is 0 Å². The van der Waals surface area contributed by atoms with Crippen LogP contribution in [-0.4, -0.2) is 53.8 Å². The van der Waals surface area contributed by atoms with E-state index in [0.29, 0.717) is 5.91 Å². The van der Waals surface area contributed by atoms with Gasteiger partial charge in [-0.05, 0) is 18.8 Å². The summed E-state index contributed by atoms with van der Waals surface area (Å²) in [5, 5.41) is 1.03. The van der Waals surface area contributed by atoms with Crippen molar-refractivity contribution in [3.63, 3.8) is 0 Å². The Morgan fingerprint density at radius 1 is 1.20 bits per heavy atom. The zero-order valence-corrected chi connectivity index (χ0v) is 10.7. The molecular weight excluding hydrogens is 256 g/mol. The van der Waals surface area contributed by atoms with Crippen LogP contribution in [0.15, 0.2) is 0 Å². The zero-order chi connectivity index (χ0) is 10.7. The van der Waals surface area contributed by atoms with Crippen molar-refractivity contribution >= 4 is 21.8 Å². The molecule has 15 heavy (non-hydrogen) atoms. The first-order chi connectivity index (χ1) is 7.29. The Kier molecular flexibility index (Phi) is 4.03. The van der Waals surface area contributed by atoms with Gasteiger partial charge in [-0.2, -0.15) is 0 Å². The molecule has 0 atom stereocenters. The van der Waals surface area contributed by atoms with Crippen molar-refractivity contribution in [1.29, 1.82) is 0 Å². The maximum Gasteiger partial charge on any atom is 0.222 e. The molecule has 0 N–H and O–H groups in total. The monoisotopic (exact) mass is 274 g/mol. The van der Waals surface area contributed by atoms with E-state index in [2.05, 4.69) is 20.8 Å². The number of piperazine rings is 1. The third kappa shape index (κ3) is 3.45. The third-order valence-electron chi connectivity index (χ3n) is 3.29. The first kappa shape index (κ1) is 11.4. The predicted molar refractivity (Wildman–Crippen MR) is 64.2 cm³/mol. The van der Waals surface area contributed by atoms with Crippen molar-refractivity contribution in [2.24, 2.45) is 5.92 Å². The lowest BCUT2D eigenvalue weighted by Gasteiger charge is -2.34. The third-order valence-corrected chi connectivity index (χ3v) is 3.64. The number of amides is 1. The average Bonchev–Trinajstić information content (AvgIpc) is 3.03. The second-order valence-electron chi connectivity index (χ2n) is 4.56. The number of carbonyl (C=O) groups excluding carboxylic acids is 1. The summed E-state index contributed by atoms with van der Waals surface area (Å²) in [5.41, 5.74) is 0. The van der Waals surface area contributed by atoms with E-state index >= 15 is 0 Å². The van der Waals surface area contributed by atoms with Crippen LogP contribution in [0.4, 0.5) is 0 Å². The Morgan fingerprint density at radius 3 is 2.40 bits per heavy atom. The lowest BCUT2D eigenvalue weighted by atomic mass is 10.2. The summed E-state index contributed by atoms with van der Waals surface area (Å²) in [6.07, 6.45) is 3.35. The predicted octanol–water partition coefficient (Wildman–Crippen LogP) is 1.33. The Hall–Kier alpha value is -0.0900. The van der Waals surface area contributed by atoms with Gasteiger partial charge in [-0.25, -0.2) is 0 Å². The molecular formula is C11H19BrN2O. The maximum atomic E-state index is 11.8. The zero-order valence-electron chi connectivity index (χ0n) is 9.12. The van der Waals surface area contributed by atoms with Gasteiger partial charge >= 0.3 is 0 Å². The van der Waals surface area contributed by atoms with Crippen molar-refractivity contribution < 1.29 is 4.79 Å². The molecule has 1 saturated carbocycles. The minimum Gasteiger partial charge on any atom is -0.340 e. The molecule has 1 heterocycles. The summed E-state index contributed by atoms with van der Waals surface area (Å²) < 4.78 is 0. The molecule has 0 unspecified atom stereocenters. The second-order valence-corrected chi connectivity index (χ2v) is 5.35. The Morgan fingerprint density at radius 2 is 1.87 bits per heavy atom. The molecule has 2 fully saturated rings. The number of alkyl halides is 1. The number of nitrogens with zero attached hydrogens (tertiary/aromatic N) is 2. The fraction of sp³-hybridized carbons (Fsp3) is 0.909. The van der Waals surface area contributed by atoms with Crippen LogP contribution in [-0.2, 0) is 4.79 Å². The Bertz CT molecular complexity index is 223. The summed E-state index contributed by atoms with van der Waals surface area (Å²) >= 11 is 3.45. The smallest absolute Gasteiger partial charge is 0.222 e. The van der Waals surface area contributed by atoms with Crippen LogP contribution >= 0.6 is 15.9 Å². The van der Waals surface area contributed by atoms with Gasteiger partial charge in [0.25, 0.3) is 0 Å². The molecule has 0 aromatic heterocycles. The fourth-order valence-corrected chi connectivity index (χ4v) is 2.54. The van der Waals surface area contributed by atoms with Crippen molar-refractivity contribution in [3.05, 3.63) is 0 Å². The van der Waals surface area contributed by atoms with Gasteiger partial charge in [0.2, 0.25) is 5.91 Å². The number of rotatable bonds is 4. The van der Waals surface area contributed by atoms with Crippen LogP contribution in [0.5, 0.6) is 0 Å². The van der Waals surface area contributed by atoms with Crippen LogP contribution in [0.3, 0.4) is 0 Å². The molecule has 0 radical (unpaired) electrons. The van der Waals surface area contributed by atoms with Gasteiger partial charge in [-0.15, -0.1) is 0 Å². The fourth-order valence-electron chi connectivity index (χ4n) is 2.04. The van der Waals surface area contributed by atoms with Crippen molar-refractivity contribution in [3.8, 4) is 0 Å². The van der Waals surface area contributed by atoms with Gasteiger partial charge < -0.3 is 4.90 Å². The van der Waals surface area contributed by atoms with E-state index in [1.54, 1.807) is 0 Å². The van der Waals surface area contributed by atoms with E-state index in [-0.39, 0.29) is 0 Å². The first-order valence-electron chi connectivity index (χ1n) is 5.85. The van der Waals surface area contributed by atoms with E-state index < -0.39 is 0 Å². The van der Waals surface area contributed by atoms with Crippen LogP contribution < -0.4 is 0 Å². The molecule has 1 saturated heterocycles. The van der Waals surface area contributed by atoms with Gasteiger partial charge in [-0.1, -0.05) is 15.9 Å². The molecule has 0 aromatic rings. The molecule has 1 aliphatic carbocycles. The molecule has 3 nitrogen and oxygen atoms in total. The minimum absolute atomic E-state index is 0.385.